The molecular weight excluding hydrogens is 140 g/mol. The Balaban J connectivity index is 4.45. The molecule has 0 aromatic carbocycles. The van der Waals surface area contributed by atoms with Crippen molar-refractivity contribution < 1.29 is 13.0 Å². The molecule has 4 heteroatoms. The average molecular weight is 148 g/mol. The molecule has 0 aromatic rings. The van der Waals surface area contributed by atoms with Crippen molar-refractivity contribution in [1.29, 1.82) is 0 Å². The van der Waals surface area contributed by atoms with Gasteiger partial charge in [0.2, 0.25) is 0 Å². The predicted octanol–water partition coefficient (Wildman–Crippen LogP) is 0.964. The molecule has 0 rings (SSSR count). The van der Waals surface area contributed by atoms with Gasteiger partial charge in [0, 0.05) is 0 Å². The maximum atomic E-state index is 10.1. The molecule has 0 aliphatic rings. The minimum atomic E-state index is -4.05. The molecule has 0 amide bonds. The molecule has 0 heterocycles. The number of rotatable bonds is 2. The second-order valence-corrected chi connectivity index (χ2v) is 2.92. The molecule has 0 atom stereocenters. The molecule has 0 saturated carbocycles. The summed E-state index contributed by atoms with van der Waals surface area (Å²) in [6.07, 6.45) is 2.70. The van der Waals surface area contributed by atoms with Crippen molar-refractivity contribution in [1.82, 2.24) is 0 Å². The van der Waals surface area contributed by atoms with Crippen molar-refractivity contribution in [2.45, 2.75) is 6.92 Å². The van der Waals surface area contributed by atoms with Gasteiger partial charge in [0.05, 0.1) is 4.91 Å². The van der Waals surface area contributed by atoms with E-state index in [1.807, 2.05) is 0 Å². The molecule has 52 valence electrons. The van der Waals surface area contributed by atoms with E-state index < -0.39 is 10.1 Å². The Labute approximate surface area is 54.4 Å². The summed E-state index contributed by atoms with van der Waals surface area (Å²) in [5.41, 5.74) is 0. The normalized spacial score (nSPS) is 12.2. The molecule has 0 spiro atoms. The molecule has 0 aromatic heterocycles. The summed E-state index contributed by atoms with van der Waals surface area (Å²) in [5, 5.41) is 0. The first kappa shape index (κ1) is 8.39. The van der Waals surface area contributed by atoms with Crippen molar-refractivity contribution in [3.63, 3.8) is 0 Å². The van der Waals surface area contributed by atoms with E-state index in [1.165, 1.54) is 12.2 Å². The van der Waals surface area contributed by atoms with Crippen LogP contribution in [0.25, 0.3) is 0 Å². The van der Waals surface area contributed by atoms with Crippen LogP contribution in [0.3, 0.4) is 0 Å². The van der Waals surface area contributed by atoms with Crippen molar-refractivity contribution in [3.8, 4) is 0 Å². The first-order chi connectivity index (χ1) is 3.98. The highest BCUT2D eigenvalue weighted by Crippen LogP contribution is 2.00. The van der Waals surface area contributed by atoms with Gasteiger partial charge in [0.25, 0.3) is 10.1 Å². The lowest BCUT2D eigenvalue weighted by molar-refractivity contribution is 0.492. The zero-order chi connectivity index (χ0) is 7.49. The molecule has 0 aliphatic heterocycles. The van der Waals surface area contributed by atoms with Crippen LogP contribution in [0.1, 0.15) is 6.92 Å². The number of allylic oxidation sites excluding steroid dienone is 2. The minimum Gasteiger partial charge on any atom is -0.282 e. The van der Waals surface area contributed by atoms with E-state index >= 15 is 0 Å². The molecule has 0 radical (unpaired) electrons. The maximum Gasteiger partial charge on any atom is 0.293 e. The second-order valence-electron chi connectivity index (χ2n) is 1.44. The molecular formula is C5H8O3S. The van der Waals surface area contributed by atoms with Gasteiger partial charge in [-0.1, -0.05) is 12.7 Å². The SMILES string of the molecule is C=C(C=CC)S(=O)(=O)O. The average Bonchev–Trinajstić information content (AvgIpc) is 1.64. The lowest BCUT2D eigenvalue weighted by Crippen LogP contribution is -1.96. The van der Waals surface area contributed by atoms with Crippen molar-refractivity contribution in [2.75, 3.05) is 0 Å². The molecule has 0 fully saturated rings. The van der Waals surface area contributed by atoms with E-state index in [0.717, 1.165) is 0 Å². The highest BCUT2D eigenvalue weighted by atomic mass is 32.2. The van der Waals surface area contributed by atoms with Crippen LogP contribution in [0, 0.1) is 0 Å². The maximum absolute atomic E-state index is 10.1. The Hall–Kier alpha value is -0.610. The molecule has 3 nitrogen and oxygen atoms in total. The third kappa shape index (κ3) is 3.05. The van der Waals surface area contributed by atoms with E-state index in [-0.39, 0.29) is 4.91 Å². The molecule has 0 unspecified atom stereocenters. The van der Waals surface area contributed by atoms with Crippen LogP contribution < -0.4 is 0 Å². The fourth-order valence-corrected chi connectivity index (χ4v) is 0.580. The van der Waals surface area contributed by atoms with Gasteiger partial charge in [0.15, 0.2) is 0 Å². The zero-order valence-electron chi connectivity index (χ0n) is 5.03. The van der Waals surface area contributed by atoms with Gasteiger partial charge < -0.3 is 0 Å². The molecule has 0 aliphatic carbocycles. The quantitative estimate of drug-likeness (QED) is 0.469. The van der Waals surface area contributed by atoms with Gasteiger partial charge in [-0.3, -0.25) is 4.55 Å². The molecule has 0 bridgehead atoms. The van der Waals surface area contributed by atoms with Gasteiger partial charge >= 0.3 is 0 Å². The van der Waals surface area contributed by atoms with E-state index in [1.54, 1.807) is 6.92 Å². The van der Waals surface area contributed by atoms with Crippen LogP contribution in [0.2, 0.25) is 0 Å². The first-order valence-corrected chi connectivity index (χ1v) is 3.71. The minimum absolute atomic E-state index is 0.287. The number of hydrogen-bond acceptors (Lipinski definition) is 2. The Morgan fingerprint density at radius 1 is 1.67 bits per heavy atom. The van der Waals surface area contributed by atoms with Crippen LogP contribution in [0.15, 0.2) is 23.6 Å². The van der Waals surface area contributed by atoms with E-state index in [2.05, 4.69) is 6.58 Å². The van der Waals surface area contributed by atoms with Crippen molar-refractivity contribution in [2.24, 2.45) is 0 Å². The third-order valence-corrected chi connectivity index (χ3v) is 1.48. The van der Waals surface area contributed by atoms with Crippen LogP contribution in [0.4, 0.5) is 0 Å². The van der Waals surface area contributed by atoms with Crippen molar-refractivity contribution >= 4 is 10.1 Å². The van der Waals surface area contributed by atoms with E-state index in [4.69, 9.17) is 4.55 Å². The fraction of sp³-hybridized carbons (Fsp3) is 0.200. The van der Waals surface area contributed by atoms with Gasteiger partial charge in [-0.2, -0.15) is 8.42 Å². The summed E-state index contributed by atoms with van der Waals surface area (Å²) < 4.78 is 28.5. The molecule has 1 N–H and O–H groups in total. The summed E-state index contributed by atoms with van der Waals surface area (Å²) in [6.45, 7) is 4.73. The lowest BCUT2D eigenvalue weighted by Gasteiger charge is -1.89. The summed E-state index contributed by atoms with van der Waals surface area (Å²) in [7, 11) is -4.05. The smallest absolute Gasteiger partial charge is 0.282 e. The highest BCUT2D eigenvalue weighted by Gasteiger charge is 2.04. The summed E-state index contributed by atoms with van der Waals surface area (Å²) in [6, 6.07) is 0. The summed E-state index contributed by atoms with van der Waals surface area (Å²) >= 11 is 0. The van der Waals surface area contributed by atoms with Crippen LogP contribution in [-0.4, -0.2) is 13.0 Å². The Morgan fingerprint density at radius 2 is 2.11 bits per heavy atom. The Kier molecular flexibility index (Phi) is 2.61. The number of hydrogen-bond donors (Lipinski definition) is 1. The fourth-order valence-electron chi connectivity index (χ4n) is 0.272. The lowest BCUT2D eigenvalue weighted by atomic mass is 10.5. The van der Waals surface area contributed by atoms with Gasteiger partial charge in [-0.05, 0) is 13.0 Å². The summed E-state index contributed by atoms with van der Waals surface area (Å²) in [4.78, 5) is -0.287. The first-order valence-electron chi connectivity index (χ1n) is 2.27. The largest absolute Gasteiger partial charge is 0.293 e. The monoisotopic (exact) mass is 148 g/mol. The third-order valence-electron chi connectivity index (χ3n) is 0.684. The van der Waals surface area contributed by atoms with Crippen molar-refractivity contribution in [3.05, 3.63) is 23.6 Å². The van der Waals surface area contributed by atoms with Gasteiger partial charge in [-0.25, -0.2) is 0 Å². The van der Waals surface area contributed by atoms with Gasteiger partial charge in [-0.15, -0.1) is 0 Å². The second kappa shape index (κ2) is 2.80. The van der Waals surface area contributed by atoms with Crippen LogP contribution in [-0.2, 0) is 10.1 Å². The van der Waals surface area contributed by atoms with E-state index in [0.29, 0.717) is 0 Å². The molecule has 0 saturated heterocycles. The Morgan fingerprint density at radius 3 is 2.22 bits per heavy atom. The highest BCUT2D eigenvalue weighted by molar-refractivity contribution is 7.90. The van der Waals surface area contributed by atoms with E-state index in [9.17, 15) is 8.42 Å². The summed E-state index contributed by atoms with van der Waals surface area (Å²) in [5.74, 6) is 0. The van der Waals surface area contributed by atoms with Gasteiger partial charge in [0.1, 0.15) is 0 Å². The molecule has 9 heavy (non-hydrogen) atoms. The zero-order valence-corrected chi connectivity index (χ0v) is 5.85. The van der Waals surface area contributed by atoms with Crippen LogP contribution in [0.5, 0.6) is 0 Å². The predicted molar refractivity (Wildman–Crippen MR) is 35.5 cm³/mol. The topological polar surface area (TPSA) is 54.4 Å². The van der Waals surface area contributed by atoms with Crippen LogP contribution >= 0.6 is 0 Å². The standard InChI is InChI=1S/C5H8O3S/c1-3-4-5(2)9(6,7)8/h3-4H,2H2,1H3,(H,6,7,8). The Bertz CT molecular complexity index is 223.